The third-order valence-electron chi connectivity index (χ3n) is 2.91. The molecule has 0 saturated carbocycles. The molecular formula is C16H29N3O6. The van der Waals surface area contributed by atoms with Gasteiger partial charge in [0.1, 0.15) is 6.54 Å². The highest BCUT2D eigenvalue weighted by Crippen LogP contribution is 2.11. The van der Waals surface area contributed by atoms with Crippen LogP contribution in [0.4, 0.5) is 4.79 Å². The van der Waals surface area contributed by atoms with Gasteiger partial charge < -0.3 is 19.1 Å². The lowest BCUT2D eigenvalue weighted by Gasteiger charge is -2.24. The van der Waals surface area contributed by atoms with Crippen LogP contribution in [0.5, 0.6) is 0 Å². The normalized spacial score (nSPS) is 11.7. The van der Waals surface area contributed by atoms with Crippen LogP contribution in [-0.4, -0.2) is 55.4 Å². The third-order valence-corrected chi connectivity index (χ3v) is 2.91. The van der Waals surface area contributed by atoms with Crippen LogP contribution in [0.3, 0.4) is 0 Å². The van der Waals surface area contributed by atoms with E-state index in [9.17, 15) is 14.4 Å². The Bertz CT molecular complexity index is 478. The summed E-state index contributed by atoms with van der Waals surface area (Å²) in [6.45, 7) is 8.78. The number of hydrogen-bond acceptors (Lipinski definition) is 7. The van der Waals surface area contributed by atoms with E-state index in [1.54, 1.807) is 27.7 Å². The third kappa shape index (κ3) is 9.53. The van der Waals surface area contributed by atoms with Crippen molar-refractivity contribution in [1.29, 1.82) is 5.41 Å². The van der Waals surface area contributed by atoms with Gasteiger partial charge in [0.05, 0.1) is 12.5 Å². The Hall–Kier alpha value is -2.32. The number of ether oxygens (including phenoxy) is 3. The standard InChI is InChI=1S/C16H29N3O6/c1-7-8-23-12(20)9-19(6)15(17)18-16(22)25-14(11(4)5)24-13(21)10(2)3/h10-11,14H,7-9H2,1-6H3,(H2,17,18,22). The number of esters is 2. The number of nitrogens with zero attached hydrogens (tertiary/aromatic N) is 1. The zero-order valence-corrected chi connectivity index (χ0v) is 15.8. The lowest BCUT2D eigenvalue weighted by Crippen LogP contribution is -2.45. The van der Waals surface area contributed by atoms with E-state index in [1.807, 2.05) is 6.92 Å². The number of carbonyl (C=O) groups excluding carboxylic acids is 3. The molecule has 2 N–H and O–H groups in total. The molecule has 0 aliphatic heterocycles. The van der Waals surface area contributed by atoms with Gasteiger partial charge in [-0.3, -0.25) is 20.3 Å². The fraction of sp³-hybridized carbons (Fsp3) is 0.750. The van der Waals surface area contributed by atoms with Crippen LogP contribution in [-0.2, 0) is 23.8 Å². The number of amides is 1. The first kappa shape index (κ1) is 22.7. The molecule has 0 aromatic carbocycles. The summed E-state index contributed by atoms with van der Waals surface area (Å²) in [5.74, 6) is -1.94. The van der Waals surface area contributed by atoms with Gasteiger partial charge >= 0.3 is 18.0 Å². The van der Waals surface area contributed by atoms with Crippen molar-refractivity contribution in [2.45, 2.75) is 47.3 Å². The molecule has 25 heavy (non-hydrogen) atoms. The molecular weight excluding hydrogens is 330 g/mol. The maximum Gasteiger partial charge on any atom is 0.417 e. The molecule has 1 unspecified atom stereocenters. The number of rotatable bonds is 8. The van der Waals surface area contributed by atoms with Gasteiger partial charge in [0, 0.05) is 13.0 Å². The van der Waals surface area contributed by atoms with E-state index < -0.39 is 24.3 Å². The zero-order valence-electron chi connectivity index (χ0n) is 15.8. The first-order chi connectivity index (χ1) is 11.6. The van der Waals surface area contributed by atoms with Gasteiger partial charge in [-0.05, 0) is 6.42 Å². The van der Waals surface area contributed by atoms with E-state index in [2.05, 4.69) is 5.32 Å². The molecule has 9 heteroatoms. The molecule has 0 heterocycles. The summed E-state index contributed by atoms with van der Waals surface area (Å²) in [4.78, 5) is 36.2. The van der Waals surface area contributed by atoms with Crippen molar-refractivity contribution in [1.82, 2.24) is 10.2 Å². The number of likely N-dealkylation sites (N-methyl/N-ethyl adjacent to an activating group) is 1. The number of guanidine groups is 1. The van der Waals surface area contributed by atoms with Crippen molar-refractivity contribution in [3.8, 4) is 0 Å². The summed E-state index contributed by atoms with van der Waals surface area (Å²) in [6, 6.07) is 0. The maximum atomic E-state index is 11.9. The molecule has 0 aliphatic carbocycles. The predicted molar refractivity (Wildman–Crippen MR) is 90.8 cm³/mol. The molecule has 0 fully saturated rings. The Morgan fingerprint density at radius 2 is 1.72 bits per heavy atom. The molecule has 0 spiro atoms. The van der Waals surface area contributed by atoms with Gasteiger partial charge in [0.25, 0.3) is 6.29 Å². The summed E-state index contributed by atoms with van der Waals surface area (Å²) in [5.41, 5.74) is 0. The summed E-state index contributed by atoms with van der Waals surface area (Å²) < 4.78 is 15.1. The summed E-state index contributed by atoms with van der Waals surface area (Å²) >= 11 is 0. The average Bonchev–Trinajstić information content (AvgIpc) is 2.51. The van der Waals surface area contributed by atoms with Crippen molar-refractivity contribution in [3.63, 3.8) is 0 Å². The van der Waals surface area contributed by atoms with E-state index in [0.29, 0.717) is 13.0 Å². The van der Waals surface area contributed by atoms with Crippen molar-refractivity contribution in [2.75, 3.05) is 20.2 Å². The quantitative estimate of drug-likeness (QED) is 0.293. The minimum atomic E-state index is -1.07. The molecule has 0 aromatic rings. The fourth-order valence-corrected chi connectivity index (χ4v) is 1.41. The second-order valence-corrected chi connectivity index (χ2v) is 6.16. The molecule has 9 nitrogen and oxygen atoms in total. The second kappa shape index (κ2) is 11.3. The first-order valence-electron chi connectivity index (χ1n) is 8.21. The Balaban J connectivity index is 4.51. The largest absolute Gasteiger partial charge is 0.464 e. The Morgan fingerprint density at radius 3 is 2.20 bits per heavy atom. The topological polar surface area (TPSA) is 118 Å². The molecule has 0 saturated heterocycles. The van der Waals surface area contributed by atoms with Crippen LogP contribution < -0.4 is 5.32 Å². The minimum Gasteiger partial charge on any atom is -0.464 e. The molecule has 1 amide bonds. The van der Waals surface area contributed by atoms with Gasteiger partial charge in [-0.2, -0.15) is 0 Å². The molecule has 0 aromatic heterocycles. The molecule has 1 atom stereocenters. The van der Waals surface area contributed by atoms with Gasteiger partial charge in [-0.15, -0.1) is 0 Å². The van der Waals surface area contributed by atoms with Crippen LogP contribution in [0.2, 0.25) is 0 Å². The lowest BCUT2D eigenvalue weighted by molar-refractivity contribution is -0.178. The highest BCUT2D eigenvalue weighted by atomic mass is 16.7. The van der Waals surface area contributed by atoms with E-state index in [0.717, 1.165) is 0 Å². The number of hydrogen-bond donors (Lipinski definition) is 2. The Labute approximate surface area is 148 Å². The predicted octanol–water partition coefficient (Wildman–Crippen LogP) is 1.71. The molecule has 0 rings (SSSR count). The second-order valence-electron chi connectivity index (χ2n) is 6.16. The lowest BCUT2D eigenvalue weighted by atomic mass is 10.2. The summed E-state index contributed by atoms with van der Waals surface area (Å²) in [6.07, 6.45) is -1.32. The highest BCUT2D eigenvalue weighted by Gasteiger charge is 2.25. The Kier molecular flexibility index (Phi) is 10.2. The van der Waals surface area contributed by atoms with Gasteiger partial charge in [-0.25, -0.2) is 4.79 Å². The number of nitrogens with one attached hydrogen (secondary N) is 2. The van der Waals surface area contributed by atoms with Crippen LogP contribution in [0.15, 0.2) is 0 Å². The summed E-state index contributed by atoms with van der Waals surface area (Å²) in [5, 5.41) is 9.93. The van der Waals surface area contributed by atoms with Crippen LogP contribution >= 0.6 is 0 Å². The Morgan fingerprint density at radius 1 is 1.12 bits per heavy atom. The van der Waals surface area contributed by atoms with E-state index >= 15 is 0 Å². The smallest absolute Gasteiger partial charge is 0.417 e. The van der Waals surface area contributed by atoms with Gasteiger partial charge in [0.2, 0.25) is 5.96 Å². The molecule has 0 bridgehead atoms. The van der Waals surface area contributed by atoms with Crippen molar-refractivity contribution in [2.24, 2.45) is 11.8 Å². The number of carbonyl (C=O) groups is 3. The minimum absolute atomic E-state index is 0.185. The van der Waals surface area contributed by atoms with E-state index in [4.69, 9.17) is 19.6 Å². The SMILES string of the molecule is CCCOC(=O)CN(C)C(=N)NC(=O)OC(OC(=O)C(C)C)C(C)C. The van der Waals surface area contributed by atoms with Crippen LogP contribution in [0, 0.1) is 17.2 Å². The van der Waals surface area contributed by atoms with Gasteiger partial charge in [0.15, 0.2) is 0 Å². The van der Waals surface area contributed by atoms with Crippen molar-refractivity contribution >= 4 is 24.0 Å². The molecule has 144 valence electrons. The summed E-state index contributed by atoms with van der Waals surface area (Å²) in [7, 11) is 1.45. The highest BCUT2D eigenvalue weighted by molar-refractivity contribution is 5.93. The van der Waals surface area contributed by atoms with Gasteiger partial charge in [-0.1, -0.05) is 34.6 Å². The van der Waals surface area contributed by atoms with Crippen LogP contribution in [0.25, 0.3) is 0 Å². The first-order valence-corrected chi connectivity index (χ1v) is 8.21. The van der Waals surface area contributed by atoms with Crippen molar-refractivity contribution in [3.05, 3.63) is 0 Å². The van der Waals surface area contributed by atoms with E-state index in [-0.39, 0.29) is 24.3 Å². The number of alkyl carbamates (subject to hydrolysis) is 1. The van der Waals surface area contributed by atoms with Crippen molar-refractivity contribution < 1.29 is 28.6 Å². The average molecular weight is 359 g/mol. The fourth-order valence-electron chi connectivity index (χ4n) is 1.41. The monoisotopic (exact) mass is 359 g/mol. The molecule has 0 aliphatic rings. The zero-order chi connectivity index (χ0) is 19.6. The maximum absolute atomic E-state index is 11.9. The molecule has 0 radical (unpaired) electrons. The van der Waals surface area contributed by atoms with Crippen LogP contribution in [0.1, 0.15) is 41.0 Å². The van der Waals surface area contributed by atoms with E-state index in [1.165, 1.54) is 11.9 Å².